The topological polar surface area (TPSA) is 167 Å². The molecule has 0 saturated carbocycles. The number of nitrogens with one attached hydrogen (secondary N) is 1. The molecule has 0 saturated heterocycles. The van der Waals surface area contributed by atoms with Crippen LogP contribution >= 0.6 is 0 Å². The van der Waals surface area contributed by atoms with Crippen molar-refractivity contribution in [3.8, 4) is 46.0 Å². The maximum absolute atomic E-state index is 13.6. The van der Waals surface area contributed by atoms with Gasteiger partial charge in [0, 0.05) is 37.2 Å². The predicted octanol–water partition coefficient (Wildman–Crippen LogP) is 4.81. The second kappa shape index (κ2) is 14.1. The number of pyridine rings is 1. The Morgan fingerprint density at radius 2 is 1.73 bits per heavy atom. The van der Waals surface area contributed by atoms with E-state index >= 15 is 0 Å². The quantitative estimate of drug-likeness (QED) is 0.174. The third-order valence-corrected chi connectivity index (χ3v) is 8.14. The van der Waals surface area contributed by atoms with Crippen LogP contribution in [0.15, 0.2) is 59.1 Å². The van der Waals surface area contributed by atoms with Crippen LogP contribution in [0, 0.1) is 6.92 Å². The van der Waals surface area contributed by atoms with Gasteiger partial charge in [0.2, 0.25) is 5.89 Å². The van der Waals surface area contributed by atoms with Gasteiger partial charge in [0.25, 0.3) is 5.91 Å². The molecular weight excluding hydrogens is 628 g/mol. The van der Waals surface area contributed by atoms with E-state index in [1.165, 1.54) is 0 Å². The number of carbonyl (C=O) groups excluding carboxylic acids is 1. The molecule has 3 N–H and O–H groups in total. The summed E-state index contributed by atoms with van der Waals surface area (Å²) in [6.07, 6.45) is 1.68. The van der Waals surface area contributed by atoms with Gasteiger partial charge in [-0.05, 0) is 49.7 Å². The van der Waals surface area contributed by atoms with Crippen LogP contribution in [-0.4, -0.2) is 56.8 Å². The molecule has 0 aliphatic heterocycles. The Hall–Kier alpha value is -5.89. The van der Waals surface area contributed by atoms with Crippen LogP contribution < -0.4 is 30.0 Å². The Morgan fingerprint density at radius 1 is 0.980 bits per heavy atom. The van der Waals surface area contributed by atoms with Crippen molar-refractivity contribution in [2.24, 2.45) is 12.8 Å². The monoisotopic (exact) mass is 666 g/mol. The highest BCUT2D eigenvalue weighted by Crippen LogP contribution is 2.38. The van der Waals surface area contributed by atoms with Crippen molar-refractivity contribution in [3.63, 3.8) is 0 Å². The molecule has 4 heterocycles. The molecule has 0 fully saturated rings. The molecule has 14 heteroatoms. The van der Waals surface area contributed by atoms with Crippen LogP contribution in [0.3, 0.4) is 0 Å². The Balaban J connectivity index is 1.36. The van der Waals surface area contributed by atoms with Crippen molar-refractivity contribution in [1.82, 2.24) is 34.8 Å². The first-order chi connectivity index (χ1) is 23.8. The van der Waals surface area contributed by atoms with Crippen LogP contribution in [0.2, 0.25) is 0 Å². The van der Waals surface area contributed by atoms with E-state index in [-0.39, 0.29) is 24.7 Å². The first-order valence-corrected chi connectivity index (χ1v) is 15.6. The Morgan fingerprint density at radius 3 is 2.43 bits per heavy atom. The first-order valence-electron chi connectivity index (χ1n) is 15.6. The fourth-order valence-corrected chi connectivity index (χ4v) is 5.53. The number of fused-ring (bicyclic) bond motifs is 1. The van der Waals surface area contributed by atoms with Crippen molar-refractivity contribution < 1.29 is 28.2 Å². The minimum atomic E-state index is -0.394. The van der Waals surface area contributed by atoms with Crippen molar-refractivity contribution >= 4 is 16.8 Å². The second-order valence-corrected chi connectivity index (χ2v) is 11.1. The number of nitrogens with zero attached hydrogens (tertiary/aromatic N) is 6. The summed E-state index contributed by atoms with van der Waals surface area (Å²) in [6.45, 7) is 4.91. The lowest BCUT2D eigenvalue weighted by Gasteiger charge is -2.12. The molecule has 2 aromatic carbocycles. The predicted molar refractivity (Wildman–Crippen MR) is 182 cm³/mol. The Kier molecular flexibility index (Phi) is 9.49. The molecule has 0 atom stereocenters. The third-order valence-electron chi connectivity index (χ3n) is 8.14. The van der Waals surface area contributed by atoms with E-state index in [2.05, 4.69) is 15.5 Å². The van der Waals surface area contributed by atoms with Crippen molar-refractivity contribution in [2.45, 2.75) is 40.1 Å². The molecule has 1 amide bonds. The minimum Gasteiger partial charge on any atom is -0.497 e. The third kappa shape index (κ3) is 6.50. The van der Waals surface area contributed by atoms with E-state index in [0.717, 1.165) is 16.9 Å². The van der Waals surface area contributed by atoms with Crippen molar-refractivity contribution in [3.05, 3.63) is 83.0 Å². The summed E-state index contributed by atoms with van der Waals surface area (Å²) in [6, 6.07) is 14.7. The number of oxazole rings is 1. The Labute approximate surface area is 282 Å². The van der Waals surface area contributed by atoms with Gasteiger partial charge < -0.3 is 34.4 Å². The second-order valence-electron chi connectivity index (χ2n) is 11.1. The van der Waals surface area contributed by atoms with E-state index < -0.39 is 5.91 Å². The number of methoxy groups -OCH3 is 3. The zero-order valence-electron chi connectivity index (χ0n) is 28.2. The van der Waals surface area contributed by atoms with E-state index in [0.29, 0.717) is 69.8 Å². The van der Waals surface area contributed by atoms with Gasteiger partial charge in [0.1, 0.15) is 52.4 Å². The molecule has 6 rings (SSSR count). The SMILES string of the molecule is CCn1nc(C)c(OCc2ccc(OC)cc2)c1-c1nc(-c2nc(C(=O)NCc3ccc(OC)cc3OC)cc3c2cnn3C)c(CN)o1. The lowest BCUT2D eigenvalue weighted by Crippen LogP contribution is -2.24. The molecule has 49 heavy (non-hydrogen) atoms. The zero-order chi connectivity index (χ0) is 34.7. The summed E-state index contributed by atoms with van der Waals surface area (Å²) in [5.41, 5.74) is 10.8. The van der Waals surface area contributed by atoms with Gasteiger partial charge in [-0.3, -0.25) is 14.2 Å². The summed E-state index contributed by atoms with van der Waals surface area (Å²) in [7, 11) is 6.57. The van der Waals surface area contributed by atoms with Crippen LogP contribution in [0.1, 0.15) is 40.0 Å². The van der Waals surface area contributed by atoms with Crippen LogP contribution in [-0.2, 0) is 33.3 Å². The fourth-order valence-electron chi connectivity index (χ4n) is 5.53. The minimum absolute atomic E-state index is 0.0285. The number of amides is 1. The van der Waals surface area contributed by atoms with E-state index in [4.69, 9.17) is 39.1 Å². The summed E-state index contributed by atoms with van der Waals surface area (Å²) < 4.78 is 32.1. The highest BCUT2D eigenvalue weighted by molar-refractivity contribution is 6.00. The number of hydrogen-bond acceptors (Lipinski definition) is 11. The van der Waals surface area contributed by atoms with Gasteiger partial charge >= 0.3 is 0 Å². The number of carbonyl (C=O) groups is 1. The van der Waals surface area contributed by atoms with E-state index in [9.17, 15) is 4.79 Å². The fraction of sp³-hybridized carbons (Fsp3) is 0.286. The molecule has 0 spiro atoms. The van der Waals surface area contributed by atoms with E-state index in [1.807, 2.05) is 44.2 Å². The number of nitrogens with two attached hydrogens (primary N) is 1. The van der Waals surface area contributed by atoms with E-state index in [1.54, 1.807) is 62.1 Å². The van der Waals surface area contributed by atoms with Gasteiger partial charge in [-0.2, -0.15) is 10.2 Å². The molecule has 4 aromatic heterocycles. The highest BCUT2D eigenvalue weighted by atomic mass is 16.5. The molecule has 0 radical (unpaired) electrons. The smallest absolute Gasteiger partial charge is 0.270 e. The first kappa shape index (κ1) is 33.0. The lowest BCUT2D eigenvalue weighted by molar-refractivity contribution is 0.0946. The lowest BCUT2D eigenvalue weighted by atomic mass is 10.1. The summed E-state index contributed by atoms with van der Waals surface area (Å²) in [5, 5.41) is 12.7. The van der Waals surface area contributed by atoms with Gasteiger partial charge in [-0.25, -0.2) is 9.97 Å². The summed E-state index contributed by atoms with van der Waals surface area (Å²) in [5.74, 6) is 2.79. The molecule has 254 valence electrons. The molecule has 0 aliphatic carbocycles. The molecule has 6 aromatic rings. The molecule has 0 aliphatic rings. The summed E-state index contributed by atoms with van der Waals surface area (Å²) >= 11 is 0. The largest absolute Gasteiger partial charge is 0.497 e. The highest BCUT2D eigenvalue weighted by Gasteiger charge is 2.27. The zero-order valence-corrected chi connectivity index (χ0v) is 28.2. The van der Waals surface area contributed by atoms with Gasteiger partial charge in [0.15, 0.2) is 11.4 Å². The maximum Gasteiger partial charge on any atom is 0.270 e. The number of rotatable bonds is 13. The number of benzene rings is 2. The van der Waals surface area contributed by atoms with Crippen molar-refractivity contribution in [2.75, 3.05) is 21.3 Å². The molecule has 0 bridgehead atoms. The molecule has 14 nitrogen and oxygen atoms in total. The normalized spacial score (nSPS) is 11.2. The average molecular weight is 667 g/mol. The number of ether oxygens (including phenoxy) is 4. The standard InChI is InChI=1S/C35H38N8O6/c1-7-43-32(33(20(2)41-43)48-19-21-8-11-23(45-4)12-9-21)35-40-31(29(16-36)49-35)30-25-18-38-42(3)27(25)15-26(39-30)34(44)37-17-22-10-13-24(46-5)14-28(22)47-6/h8-15,18H,7,16-17,19,36H2,1-6H3,(H,37,44). The number of aryl methyl sites for hydroxylation is 3. The molecule has 0 unspecified atom stereocenters. The van der Waals surface area contributed by atoms with Crippen LogP contribution in [0.25, 0.3) is 33.9 Å². The van der Waals surface area contributed by atoms with Crippen LogP contribution in [0.5, 0.6) is 23.0 Å². The molecular formula is C35H38N8O6. The van der Waals surface area contributed by atoms with Gasteiger partial charge in [0.05, 0.1) is 39.6 Å². The summed E-state index contributed by atoms with van der Waals surface area (Å²) in [4.78, 5) is 23.3. The number of aromatic nitrogens is 6. The Bertz CT molecular complexity index is 2120. The maximum atomic E-state index is 13.6. The number of hydrogen-bond donors (Lipinski definition) is 2. The van der Waals surface area contributed by atoms with Gasteiger partial charge in [-0.15, -0.1) is 0 Å². The average Bonchev–Trinajstić information content (AvgIpc) is 3.83. The van der Waals surface area contributed by atoms with Crippen LogP contribution in [0.4, 0.5) is 0 Å². The van der Waals surface area contributed by atoms with Crippen molar-refractivity contribution in [1.29, 1.82) is 0 Å². The van der Waals surface area contributed by atoms with Gasteiger partial charge in [-0.1, -0.05) is 12.1 Å².